The van der Waals surface area contributed by atoms with Crippen LogP contribution >= 0.6 is 12.2 Å². The van der Waals surface area contributed by atoms with Crippen LogP contribution in [-0.4, -0.2) is 37.2 Å². The molecule has 0 radical (unpaired) electrons. The number of hydrogen-bond acceptors (Lipinski definition) is 2. The Labute approximate surface area is 122 Å². The number of para-hydroxylation sites is 1. The van der Waals surface area contributed by atoms with Gasteiger partial charge in [-0.3, -0.25) is 0 Å². The van der Waals surface area contributed by atoms with Crippen molar-refractivity contribution < 1.29 is 0 Å². The highest BCUT2D eigenvalue weighted by atomic mass is 32.1. The van der Waals surface area contributed by atoms with Crippen molar-refractivity contribution in [3.8, 4) is 0 Å². The van der Waals surface area contributed by atoms with Crippen LogP contribution in [0, 0.1) is 12.3 Å². The second kappa shape index (κ2) is 6.87. The van der Waals surface area contributed by atoms with Crippen molar-refractivity contribution in [2.24, 2.45) is 5.41 Å². The number of aryl methyl sites for hydroxylation is 1. The molecule has 0 spiro atoms. The minimum atomic E-state index is 0.182. The molecule has 4 heteroatoms. The Morgan fingerprint density at radius 2 is 1.89 bits per heavy atom. The van der Waals surface area contributed by atoms with E-state index in [1.54, 1.807) is 0 Å². The number of anilines is 1. The van der Waals surface area contributed by atoms with Gasteiger partial charge in [-0.1, -0.05) is 32.0 Å². The summed E-state index contributed by atoms with van der Waals surface area (Å²) in [4.78, 5) is 2.19. The molecule has 0 aliphatic heterocycles. The summed E-state index contributed by atoms with van der Waals surface area (Å²) >= 11 is 5.34. The highest BCUT2D eigenvalue weighted by Gasteiger charge is 2.18. The van der Waals surface area contributed by atoms with E-state index in [1.807, 2.05) is 18.2 Å². The third-order valence-electron chi connectivity index (χ3n) is 2.87. The first kappa shape index (κ1) is 15.9. The molecule has 0 amide bonds. The van der Waals surface area contributed by atoms with Gasteiger partial charge in [-0.2, -0.15) is 0 Å². The summed E-state index contributed by atoms with van der Waals surface area (Å²) < 4.78 is 0. The summed E-state index contributed by atoms with van der Waals surface area (Å²) in [5.41, 5.74) is 2.44. The van der Waals surface area contributed by atoms with Crippen LogP contribution in [0.15, 0.2) is 24.3 Å². The zero-order chi connectivity index (χ0) is 14.5. The molecule has 0 bridgehead atoms. The van der Waals surface area contributed by atoms with E-state index in [1.165, 1.54) is 5.56 Å². The third kappa shape index (κ3) is 6.03. The summed E-state index contributed by atoms with van der Waals surface area (Å²) in [7, 11) is 4.18. The van der Waals surface area contributed by atoms with Crippen LogP contribution in [0.3, 0.4) is 0 Å². The highest BCUT2D eigenvalue weighted by molar-refractivity contribution is 7.80. The molecule has 0 saturated heterocycles. The van der Waals surface area contributed by atoms with Gasteiger partial charge in [0, 0.05) is 18.8 Å². The van der Waals surface area contributed by atoms with Gasteiger partial charge in [0.1, 0.15) is 0 Å². The lowest BCUT2D eigenvalue weighted by atomic mass is 9.93. The van der Waals surface area contributed by atoms with Crippen molar-refractivity contribution in [2.45, 2.75) is 20.8 Å². The minimum absolute atomic E-state index is 0.182. The first-order chi connectivity index (χ1) is 8.80. The quantitative estimate of drug-likeness (QED) is 0.811. The second-order valence-corrected chi connectivity index (χ2v) is 6.43. The molecule has 2 N–H and O–H groups in total. The fourth-order valence-electron chi connectivity index (χ4n) is 2.11. The number of rotatable bonds is 5. The monoisotopic (exact) mass is 279 g/mol. The average molecular weight is 279 g/mol. The molecule has 0 heterocycles. The van der Waals surface area contributed by atoms with Crippen LogP contribution in [0.1, 0.15) is 19.4 Å². The summed E-state index contributed by atoms with van der Waals surface area (Å²) in [5.74, 6) is 0. The summed E-state index contributed by atoms with van der Waals surface area (Å²) in [6.45, 7) is 8.41. The lowest BCUT2D eigenvalue weighted by Gasteiger charge is -2.29. The van der Waals surface area contributed by atoms with Crippen molar-refractivity contribution in [1.29, 1.82) is 0 Å². The first-order valence-electron chi connectivity index (χ1n) is 6.55. The summed E-state index contributed by atoms with van der Waals surface area (Å²) in [5, 5.41) is 7.22. The predicted molar refractivity (Wildman–Crippen MR) is 87.7 cm³/mol. The van der Waals surface area contributed by atoms with Gasteiger partial charge in [0.15, 0.2) is 5.11 Å². The average Bonchev–Trinajstić information content (AvgIpc) is 2.28. The van der Waals surface area contributed by atoms with E-state index in [0.29, 0.717) is 5.11 Å². The molecule has 0 aromatic heterocycles. The number of nitrogens with one attached hydrogen (secondary N) is 2. The molecule has 1 aromatic carbocycles. The molecule has 19 heavy (non-hydrogen) atoms. The summed E-state index contributed by atoms with van der Waals surface area (Å²) in [6.07, 6.45) is 0. The van der Waals surface area contributed by atoms with Gasteiger partial charge in [-0.15, -0.1) is 0 Å². The smallest absolute Gasteiger partial charge is 0.170 e. The topological polar surface area (TPSA) is 27.3 Å². The molecule has 0 saturated carbocycles. The van der Waals surface area contributed by atoms with E-state index in [4.69, 9.17) is 12.2 Å². The molecule has 0 unspecified atom stereocenters. The van der Waals surface area contributed by atoms with Gasteiger partial charge < -0.3 is 15.5 Å². The Balaban J connectivity index is 2.46. The van der Waals surface area contributed by atoms with Gasteiger partial charge in [-0.25, -0.2) is 0 Å². The van der Waals surface area contributed by atoms with E-state index in [0.717, 1.165) is 18.8 Å². The normalized spacial score (nSPS) is 11.5. The maximum atomic E-state index is 5.34. The number of thiocarbonyl (C=S) groups is 1. The maximum absolute atomic E-state index is 5.34. The Morgan fingerprint density at radius 3 is 2.47 bits per heavy atom. The molecule has 106 valence electrons. The molecule has 0 aliphatic rings. The van der Waals surface area contributed by atoms with E-state index in [9.17, 15) is 0 Å². The molecule has 0 atom stereocenters. The Bertz CT molecular complexity index is 427. The molecule has 1 rings (SSSR count). The molecular weight excluding hydrogens is 254 g/mol. The van der Waals surface area contributed by atoms with Crippen LogP contribution in [0.5, 0.6) is 0 Å². The lowest BCUT2D eigenvalue weighted by Crippen LogP contribution is -2.41. The van der Waals surface area contributed by atoms with Crippen LogP contribution in [0.2, 0.25) is 0 Å². The van der Waals surface area contributed by atoms with Crippen molar-refractivity contribution in [3.05, 3.63) is 29.8 Å². The van der Waals surface area contributed by atoms with Gasteiger partial charge in [-0.05, 0) is 50.3 Å². The van der Waals surface area contributed by atoms with Crippen molar-refractivity contribution in [1.82, 2.24) is 10.2 Å². The zero-order valence-corrected chi connectivity index (χ0v) is 13.4. The second-order valence-electron chi connectivity index (χ2n) is 6.02. The van der Waals surface area contributed by atoms with Crippen LogP contribution < -0.4 is 10.6 Å². The molecule has 3 nitrogen and oxygen atoms in total. The number of nitrogens with zero attached hydrogens (tertiary/aromatic N) is 1. The third-order valence-corrected chi connectivity index (χ3v) is 3.11. The predicted octanol–water partition coefficient (Wildman–Crippen LogP) is 2.87. The van der Waals surface area contributed by atoms with Gasteiger partial charge in [0.25, 0.3) is 0 Å². The van der Waals surface area contributed by atoms with Crippen molar-refractivity contribution in [2.75, 3.05) is 32.5 Å². The van der Waals surface area contributed by atoms with Crippen LogP contribution in [0.25, 0.3) is 0 Å². The largest absolute Gasteiger partial charge is 0.362 e. The Morgan fingerprint density at radius 1 is 1.26 bits per heavy atom. The van der Waals surface area contributed by atoms with E-state index in [2.05, 4.69) is 56.5 Å². The lowest BCUT2D eigenvalue weighted by molar-refractivity contribution is 0.242. The standard InChI is InChI=1S/C15H25N3S/c1-12-8-6-7-9-13(12)17-14(19)16-10-15(2,3)11-18(4)5/h6-9H,10-11H2,1-5H3,(H2,16,17,19). The Kier molecular flexibility index (Phi) is 5.76. The first-order valence-corrected chi connectivity index (χ1v) is 6.96. The zero-order valence-electron chi connectivity index (χ0n) is 12.6. The van der Waals surface area contributed by atoms with E-state index < -0.39 is 0 Å². The van der Waals surface area contributed by atoms with Crippen LogP contribution in [-0.2, 0) is 0 Å². The molecule has 1 aromatic rings. The fourth-order valence-corrected chi connectivity index (χ4v) is 2.29. The van der Waals surface area contributed by atoms with Crippen molar-refractivity contribution >= 4 is 23.0 Å². The number of hydrogen-bond donors (Lipinski definition) is 2. The van der Waals surface area contributed by atoms with Gasteiger partial charge in [0.05, 0.1) is 0 Å². The van der Waals surface area contributed by atoms with E-state index >= 15 is 0 Å². The number of benzene rings is 1. The van der Waals surface area contributed by atoms with Crippen molar-refractivity contribution in [3.63, 3.8) is 0 Å². The fraction of sp³-hybridized carbons (Fsp3) is 0.533. The van der Waals surface area contributed by atoms with Crippen LogP contribution in [0.4, 0.5) is 5.69 Å². The maximum Gasteiger partial charge on any atom is 0.170 e. The summed E-state index contributed by atoms with van der Waals surface area (Å²) in [6, 6.07) is 8.14. The highest BCUT2D eigenvalue weighted by Crippen LogP contribution is 2.15. The molecule has 0 fully saturated rings. The minimum Gasteiger partial charge on any atom is -0.362 e. The Hall–Kier alpha value is -1.13. The van der Waals surface area contributed by atoms with Gasteiger partial charge >= 0.3 is 0 Å². The van der Waals surface area contributed by atoms with Gasteiger partial charge in [0.2, 0.25) is 0 Å². The SMILES string of the molecule is Cc1ccccc1NC(=S)NCC(C)(C)CN(C)C. The molecular formula is C15H25N3S. The van der Waals surface area contributed by atoms with E-state index in [-0.39, 0.29) is 5.41 Å². The molecule has 0 aliphatic carbocycles.